The minimum atomic E-state index is 0.746. The molecule has 0 radical (unpaired) electrons. The van der Waals surface area contributed by atoms with Crippen LogP contribution in [0.4, 0.5) is 0 Å². The average molecular weight is 279 g/mol. The fraction of sp³-hybridized carbons (Fsp3) is 0.789. The summed E-state index contributed by atoms with van der Waals surface area (Å²) in [5.74, 6) is 0.746. The molecule has 0 aliphatic heterocycles. The maximum Gasteiger partial charge on any atom is 0.0780 e. The molecule has 0 amide bonds. The number of unbranched alkanes of at least 4 members (excludes halogenated alkanes) is 8. The number of quaternary nitrogens is 1. The van der Waals surface area contributed by atoms with Crippen LogP contribution in [0, 0.1) is 5.92 Å². The quantitative estimate of drug-likeness (QED) is 0.334. The maximum atomic E-state index is 2.33. The van der Waals surface area contributed by atoms with Gasteiger partial charge in [-0.3, -0.25) is 0 Å². The van der Waals surface area contributed by atoms with E-state index < -0.39 is 0 Å². The Morgan fingerprint density at radius 3 is 1.60 bits per heavy atom. The van der Waals surface area contributed by atoms with Crippen molar-refractivity contribution in [2.75, 3.05) is 27.7 Å². The predicted molar refractivity (Wildman–Crippen MR) is 90.8 cm³/mol. The van der Waals surface area contributed by atoms with E-state index >= 15 is 0 Å². The molecule has 0 unspecified atom stereocenters. The van der Waals surface area contributed by atoms with Crippen LogP contribution in [0.5, 0.6) is 0 Å². The summed E-state index contributed by atoms with van der Waals surface area (Å²) in [6.07, 6.45) is 23.3. The van der Waals surface area contributed by atoms with Gasteiger partial charge in [-0.1, -0.05) is 69.2 Å². The van der Waals surface area contributed by atoms with Crippen molar-refractivity contribution in [2.45, 2.75) is 64.2 Å². The van der Waals surface area contributed by atoms with Gasteiger partial charge in [0.2, 0.25) is 0 Å². The first-order valence-electron chi connectivity index (χ1n) is 8.73. The molecule has 0 N–H and O–H groups in total. The number of rotatable bonds is 12. The van der Waals surface area contributed by atoms with Gasteiger partial charge in [0.15, 0.2) is 0 Å². The van der Waals surface area contributed by atoms with Crippen LogP contribution >= 0.6 is 0 Å². The Hall–Kier alpha value is -0.560. The molecule has 0 heterocycles. The summed E-state index contributed by atoms with van der Waals surface area (Å²) in [6, 6.07) is 0. The molecular weight excluding hydrogens is 242 g/mol. The van der Waals surface area contributed by atoms with Gasteiger partial charge < -0.3 is 4.48 Å². The second-order valence-corrected chi connectivity index (χ2v) is 7.42. The molecule has 0 bridgehead atoms. The van der Waals surface area contributed by atoms with E-state index in [2.05, 4.69) is 45.4 Å². The van der Waals surface area contributed by atoms with Crippen LogP contribution in [0.3, 0.4) is 0 Å². The van der Waals surface area contributed by atoms with Crippen LogP contribution in [-0.4, -0.2) is 32.2 Å². The second kappa shape index (κ2) is 10.2. The highest BCUT2D eigenvalue weighted by Crippen LogP contribution is 2.18. The Morgan fingerprint density at radius 2 is 1.10 bits per heavy atom. The van der Waals surface area contributed by atoms with Gasteiger partial charge in [0, 0.05) is 0 Å². The zero-order valence-electron chi connectivity index (χ0n) is 14.1. The summed E-state index contributed by atoms with van der Waals surface area (Å²) in [5.41, 5.74) is 0. The van der Waals surface area contributed by atoms with Gasteiger partial charge in [-0.2, -0.15) is 0 Å². The lowest BCUT2D eigenvalue weighted by molar-refractivity contribution is -0.870. The molecule has 0 aromatic rings. The Morgan fingerprint density at radius 1 is 0.650 bits per heavy atom. The first kappa shape index (κ1) is 17.5. The minimum absolute atomic E-state index is 0.746. The Bertz CT molecular complexity index is 271. The molecule has 0 spiro atoms. The Balaban J connectivity index is 1.74. The summed E-state index contributed by atoms with van der Waals surface area (Å²) in [6.45, 7) is 1.32. The van der Waals surface area contributed by atoms with E-state index in [4.69, 9.17) is 0 Å². The summed E-state index contributed by atoms with van der Waals surface area (Å²) >= 11 is 0. The van der Waals surface area contributed by atoms with E-state index in [9.17, 15) is 0 Å². The number of allylic oxidation sites excluding steroid dienone is 4. The van der Waals surface area contributed by atoms with Gasteiger partial charge in [-0.25, -0.2) is 0 Å². The largest absolute Gasteiger partial charge is 0.331 e. The highest BCUT2D eigenvalue weighted by Gasteiger charge is 2.05. The van der Waals surface area contributed by atoms with Gasteiger partial charge >= 0.3 is 0 Å². The number of hydrogen-bond donors (Lipinski definition) is 0. The number of nitrogens with zero attached hydrogens (tertiary/aromatic N) is 1. The minimum Gasteiger partial charge on any atom is -0.331 e. The van der Waals surface area contributed by atoms with Crippen molar-refractivity contribution in [3.05, 3.63) is 24.3 Å². The van der Waals surface area contributed by atoms with Crippen LogP contribution < -0.4 is 0 Å². The molecule has 0 atom stereocenters. The standard InChI is InChI=1S/C19H36N/c1-20(2,3)18-14-10-8-6-4-5-7-9-11-15-19-16-12-13-17-19/h12-13,16-17,19H,4-11,14-15,18H2,1-3H3/q+1. The molecule has 0 fully saturated rings. The molecule has 1 rings (SSSR count). The molecule has 1 nitrogen and oxygen atoms in total. The van der Waals surface area contributed by atoms with E-state index in [1.807, 2.05) is 0 Å². The predicted octanol–water partition coefficient (Wildman–Crippen LogP) is 5.34. The van der Waals surface area contributed by atoms with Crippen LogP contribution in [-0.2, 0) is 0 Å². The zero-order valence-corrected chi connectivity index (χ0v) is 14.1. The summed E-state index contributed by atoms with van der Waals surface area (Å²) < 4.78 is 1.12. The van der Waals surface area contributed by atoms with Crippen molar-refractivity contribution >= 4 is 0 Å². The van der Waals surface area contributed by atoms with E-state index in [1.165, 1.54) is 70.8 Å². The lowest BCUT2D eigenvalue weighted by Gasteiger charge is -2.23. The van der Waals surface area contributed by atoms with Gasteiger partial charge in [0.05, 0.1) is 27.7 Å². The second-order valence-electron chi connectivity index (χ2n) is 7.42. The van der Waals surface area contributed by atoms with Gasteiger partial charge in [0.1, 0.15) is 0 Å². The molecule has 0 saturated carbocycles. The first-order valence-corrected chi connectivity index (χ1v) is 8.73. The van der Waals surface area contributed by atoms with Crippen molar-refractivity contribution in [1.82, 2.24) is 0 Å². The highest BCUT2D eigenvalue weighted by molar-refractivity contribution is 5.17. The van der Waals surface area contributed by atoms with Crippen molar-refractivity contribution in [1.29, 1.82) is 0 Å². The molecule has 0 saturated heterocycles. The zero-order chi connectivity index (χ0) is 14.7. The smallest absolute Gasteiger partial charge is 0.0780 e. The molecular formula is C19H36N+. The Kier molecular flexibility index (Phi) is 8.93. The van der Waals surface area contributed by atoms with Crippen LogP contribution in [0.2, 0.25) is 0 Å². The topological polar surface area (TPSA) is 0 Å². The van der Waals surface area contributed by atoms with Crippen LogP contribution in [0.25, 0.3) is 0 Å². The van der Waals surface area contributed by atoms with Crippen LogP contribution in [0.1, 0.15) is 64.2 Å². The summed E-state index contributed by atoms with van der Waals surface area (Å²) in [4.78, 5) is 0. The normalized spacial score (nSPS) is 15.3. The third-order valence-electron chi connectivity index (χ3n) is 4.19. The van der Waals surface area contributed by atoms with Crippen molar-refractivity contribution < 1.29 is 4.48 Å². The molecule has 116 valence electrons. The SMILES string of the molecule is C[N+](C)(C)CCCCCCCCCCCC1C=CC=C1. The van der Waals surface area contributed by atoms with E-state index in [0.29, 0.717) is 0 Å². The van der Waals surface area contributed by atoms with E-state index in [-0.39, 0.29) is 0 Å². The van der Waals surface area contributed by atoms with Crippen LogP contribution in [0.15, 0.2) is 24.3 Å². The van der Waals surface area contributed by atoms with Gasteiger partial charge in [-0.15, -0.1) is 0 Å². The molecule has 0 aromatic carbocycles. The van der Waals surface area contributed by atoms with Gasteiger partial charge in [0.25, 0.3) is 0 Å². The molecule has 1 aliphatic carbocycles. The van der Waals surface area contributed by atoms with Crippen molar-refractivity contribution in [3.63, 3.8) is 0 Å². The third kappa shape index (κ3) is 10.3. The van der Waals surface area contributed by atoms with E-state index in [0.717, 1.165) is 10.4 Å². The number of hydrogen-bond acceptors (Lipinski definition) is 0. The lowest BCUT2D eigenvalue weighted by atomic mass is 10.0. The Labute approximate surface area is 127 Å². The molecule has 1 heteroatoms. The molecule has 0 aromatic heterocycles. The summed E-state index contributed by atoms with van der Waals surface area (Å²) in [5, 5.41) is 0. The first-order chi connectivity index (χ1) is 9.58. The maximum absolute atomic E-state index is 2.33. The third-order valence-corrected chi connectivity index (χ3v) is 4.19. The van der Waals surface area contributed by atoms with Crippen molar-refractivity contribution in [3.8, 4) is 0 Å². The lowest BCUT2D eigenvalue weighted by Crippen LogP contribution is -2.35. The molecule has 1 aliphatic rings. The summed E-state index contributed by atoms with van der Waals surface area (Å²) in [7, 11) is 6.87. The van der Waals surface area contributed by atoms with Gasteiger partial charge in [-0.05, 0) is 25.2 Å². The highest BCUT2D eigenvalue weighted by atomic mass is 15.3. The monoisotopic (exact) mass is 278 g/mol. The fourth-order valence-corrected chi connectivity index (χ4v) is 2.87. The average Bonchev–Trinajstić information content (AvgIpc) is 2.87. The van der Waals surface area contributed by atoms with Crippen molar-refractivity contribution in [2.24, 2.45) is 5.92 Å². The molecule has 20 heavy (non-hydrogen) atoms. The fourth-order valence-electron chi connectivity index (χ4n) is 2.87. The van der Waals surface area contributed by atoms with E-state index in [1.54, 1.807) is 0 Å².